The van der Waals surface area contributed by atoms with Crippen molar-refractivity contribution >= 4 is 11.9 Å². The van der Waals surface area contributed by atoms with Crippen LogP contribution in [0.3, 0.4) is 0 Å². The summed E-state index contributed by atoms with van der Waals surface area (Å²) in [4.78, 5) is 20.9. The van der Waals surface area contributed by atoms with Crippen molar-refractivity contribution in [3.05, 3.63) is 0 Å². The maximum absolute atomic E-state index is 10.7. The Morgan fingerprint density at radius 2 is 2.00 bits per heavy atom. The first kappa shape index (κ1) is 9.03. The van der Waals surface area contributed by atoms with Crippen molar-refractivity contribution < 1.29 is 19.8 Å². The fourth-order valence-electron chi connectivity index (χ4n) is 1.57. The van der Waals surface area contributed by atoms with Crippen molar-refractivity contribution in [3.63, 3.8) is 0 Å². The van der Waals surface area contributed by atoms with E-state index in [1.807, 2.05) is 6.92 Å². The third-order valence-corrected chi connectivity index (χ3v) is 2.66. The predicted molar refractivity (Wildman–Crippen MR) is 40.7 cm³/mol. The molecule has 1 aliphatic rings. The van der Waals surface area contributed by atoms with Gasteiger partial charge in [0.25, 0.3) is 0 Å². The Morgan fingerprint density at radius 1 is 1.50 bits per heavy atom. The predicted octanol–water partition coefficient (Wildman–Crippen LogP) is 0.962. The van der Waals surface area contributed by atoms with E-state index in [1.54, 1.807) is 0 Å². The van der Waals surface area contributed by atoms with E-state index in [2.05, 4.69) is 0 Å². The van der Waals surface area contributed by atoms with Gasteiger partial charge in [0.2, 0.25) is 0 Å². The molecule has 2 atom stereocenters. The average Bonchev–Trinajstić information content (AvgIpc) is 2.59. The van der Waals surface area contributed by atoms with Gasteiger partial charge in [0.15, 0.2) is 0 Å². The van der Waals surface area contributed by atoms with Crippen molar-refractivity contribution in [2.75, 3.05) is 0 Å². The van der Waals surface area contributed by atoms with Crippen LogP contribution in [0, 0.1) is 11.3 Å². The topological polar surface area (TPSA) is 74.6 Å². The SMILES string of the molecule is CC1CC1(CCC(=O)O)C(=O)O. The molecule has 0 aliphatic heterocycles. The molecular formula is C8H12O4. The zero-order valence-corrected chi connectivity index (χ0v) is 6.91. The Bertz CT molecular complexity index is 223. The largest absolute Gasteiger partial charge is 0.481 e. The lowest BCUT2D eigenvalue weighted by Crippen LogP contribution is -2.18. The summed E-state index contributed by atoms with van der Waals surface area (Å²) in [6, 6.07) is 0. The molecular weight excluding hydrogens is 160 g/mol. The summed E-state index contributed by atoms with van der Waals surface area (Å²) in [6.45, 7) is 1.84. The van der Waals surface area contributed by atoms with E-state index in [4.69, 9.17) is 10.2 Å². The van der Waals surface area contributed by atoms with Crippen LogP contribution < -0.4 is 0 Å². The minimum Gasteiger partial charge on any atom is -0.481 e. The smallest absolute Gasteiger partial charge is 0.309 e. The molecule has 0 heterocycles. The third-order valence-electron chi connectivity index (χ3n) is 2.66. The first-order valence-corrected chi connectivity index (χ1v) is 3.94. The average molecular weight is 172 g/mol. The van der Waals surface area contributed by atoms with E-state index in [0.29, 0.717) is 6.42 Å². The normalized spacial score (nSPS) is 32.9. The van der Waals surface area contributed by atoms with Gasteiger partial charge in [-0.25, -0.2) is 0 Å². The van der Waals surface area contributed by atoms with Gasteiger partial charge in [-0.3, -0.25) is 9.59 Å². The van der Waals surface area contributed by atoms with Crippen LogP contribution >= 0.6 is 0 Å². The Balaban J connectivity index is 2.48. The molecule has 0 spiro atoms. The monoisotopic (exact) mass is 172 g/mol. The first-order valence-electron chi connectivity index (χ1n) is 3.94. The van der Waals surface area contributed by atoms with Gasteiger partial charge in [-0.15, -0.1) is 0 Å². The van der Waals surface area contributed by atoms with E-state index in [-0.39, 0.29) is 18.8 Å². The molecule has 0 aromatic carbocycles. The van der Waals surface area contributed by atoms with Gasteiger partial charge < -0.3 is 10.2 Å². The number of hydrogen-bond donors (Lipinski definition) is 2. The maximum Gasteiger partial charge on any atom is 0.309 e. The number of carboxylic acids is 2. The van der Waals surface area contributed by atoms with E-state index in [1.165, 1.54) is 0 Å². The molecule has 0 saturated heterocycles. The standard InChI is InChI=1S/C8H12O4/c1-5-4-8(5,7(11)12)3-2-6(9)10/h5H,2-4H2,1H3,(H,9,10)(H,11,12). The molecule has 12 heavy (non-hydrogen) atoms. The van der Waals surface area contributed by atoms with Crippen molar-refractivity contribution in [1.29, 1.82) is 0 Å². The molecule has 1 rings (SSSR count). The first-order chi connectivity index (χ1) is 5.49. The van der Waals surface area contributed by atoms with E-state index >= 15 is 0 Å². The van der Waals surface area contributed by atoms with Gasteiger partial charge in [-0.05, 0) is 18.8 Å². The minimum absolute atomic E-state index is 0.0450. The Hall–Kier alpha value is -1.06. The highest BCUT2D eigenvalue weighted by atomic mass is 16.4. The van der Waals surface area contributed by atoms with E-state index in [9.17, 15) is 9.59 Å². The molecule has 2 unspecified atom stereocenters. The lowest BCUT2D eigenvalue weighted by Gasteiger charge is -2.07. The van der Waals surface area contributed by atoms with E-state index < -0.39 is 17.4 Å². The van der Waals surface area contributed by atoms with Crippen molar-refractivity contribution in [1.82, 2.24) is 0 Å². The van der Waals surface area contributed by atoms with Crippen molar-refractivity contribution in [2.45, 2.75) is 26.2 Å². The molecule has 1 aliphatic carbocycles. The summed E-state index contributed by atoms with van der Waals surface area (Å²) in [6.07, 6.45) is 0.838. The van der Waals surface area contributed by atoms with Crippen molar-refractivity contribution in [2.24, 2.45) is 11.3 Å². The van der Waals surface area contributed by atoms with Crippen LogP contribution in [0.1, 0.15) is 26.2 Å². The second kappa shape index (κ2) is 2.77. The van der Waals surface area contributed by atoms with Crippen LogP contribution in [0.4, 0.5) is 0 Å². The molecule has 0 aromatic rings. The highest BCUT2D eigenvalue weighted by Crippen LogP contribution is 2.55. The van der Waals surface area contributed by atoms with Crippen LogP contribution in [0.2, 0.25) is 0 Å². The second-order valence-corrected chi connectivity index (χ2v) is 3.46. The molecule has 68 valence electrons. The van der Waals surface area contributed by atoms with Crippen LogP contribution in [-0.4, -0.2) is 22.2 Å². The van der Waals surface area contributed by atoms with Crippen LogP contribution in [0.15, 0.2) is 0 Å². The number of hydrogen-bond acceptors (Lipinski definition) is 2. The molecule has 1 fully saturated rings. The fraction of sp³-hybridized carbons (Fsp3) is 0.750. The zero-order chi connectivity index (χ0) is 9.35. The summed E-state index contributed by atoms with van der Waals surface area (Å²) in [5.74, 6) is -1.64. The van der Waals surface area contributed by atoms with Crippen molar-refractivity contribution in [3.8, 4) is 0 Å². The molecule has 0 aromatic heterocycles. The summed E-state index contributed by atoms with van der Waals surface area (Å²) in [5, 5.41) is 17.2. The number of rotatable bonds is 4. The third kappa shape index (κ3) is 1.42. The quantitative estimate of drug-likeness (QED) is 0.662. The Labute approximate surface area is 70.2 Å². The van der Waals surface area contributed by atoms with Gasteiger partial charge in [0.05, 0.1) is 5.41 Å². The molecule has 2 N–H and O–H groups in total. The summed E-state index contributed by atoms with van der Waals surface area (Å²) in [5.41, 5.74) is -0.724. The molecule has 4 nitrogen and oxygen atoms in total. The van der Waals surface area contributed by atoms with Crippen LogP contribution in [-0.2, 0) is 9.59 Å². The lowest BCUT2D eigenvalue weighted by atomic mass is 9.98. The van der Waals surface area contributed by atoms with E-state index in [0.717, 1.165) is 0 Å². The van der Waals surface area contributed by atoms with Gasteiger partial charge in [-0.1, -0.05) is 6.92 Å². The lowest BCUT2D eigenvalue weighted by molar-refractivity contribution is -0.145. The minimum atomic E-state index is -0.922. The second-order valence-electron chi connectivity index (χ2n) is 3.46. The fourth-order valence-corrected chi connectivity index (χ4v) is 1.57. The highest BCUT2D eigenvalue weighted by Gasteiger charge is 2.57. The maximum atomic E-state index is 10.7. The Morgan fingerprint density at radius 3 is 2.25 bits per heavy atom. The molecule has 0 bridgehead atoms. The number of carbonyl (C=O) groups is 2. The van der Waals surface area contributed by atoms with Gasteiger partial charge >= 0.3 is 11.9 Å². The molecule has 0 amide bonds. The van der Waals surface area contributed by atoms with Gasteiger partial charge in [0, 0.05) is 6.42 Å². The molecule has 1 saturated carbocycles. The molecule has 0 radical (unpaired) electrons. The summed E-state index contributed by atoms with van der Waals surface area (Å²) < 4.78 is 0. The molecule has 4 heteroatoms. The Kier molecular flexibility index (Phi) is 2.08. The highest BCUT2D eigenvalue weighted by molar-refractivity contribution is 5.79. The van der Waals surface area contributed by atoms with Crippen LogP contribution in [0.25, 0.3) is 0 Å². The summed E-state index contributed by atoms with van der Waals surface area (Å²) >= 11 is 0. The van der Waals surface area contributed by atoms with Gasteiger partial charge in [0.1, 0.15) is 0 Å². The number of carboxylic acid groups (broad SMARTS) is 2. The van der Waals surface area contributed by atoms with Crippen LogP contribution in [0.5, 0.6) is 0 Å². The number of aliphatic carboxylic acids is 2. The van der Waals surface area contributed by atoms with Gasteiger partial charge in [-0.2, -0.15) is 0 Å². The zero-order valence-electron chi connectivity index (χ0n) is 6.91. The summed E-state index contributed by atoms with van der Waals surface area (Å²) in [7, 11) is 0.